The van der Waals surface area contributed by atoms with E-state index in [2.05, 4.69) is 20.4 Å². The topological polar surface area (TPSA) is 253 Å². The zero-order valence-electron chi connectivity index (χ0n) is 27.0. The first-order chi connectivity index (χ1) is 22.6. The molecule has 21 heteroatoms. The van der Waals surface area contributed by atoms with Crippen LogP contribution in [0, 0.1) is 0 Å². The second kappa shape index (κ2) is 16.8. The fraction of sp³-hybridized carbons (Fsp3) is 0. The molecule has 1 heterocycles. The third kappa shape index (κ3) is 9.79. The molecule has 244 valence electrons. The van der Waals surface area contributed by atoms with Gasteiger partial charge in [0.15, 0.2) is 0 Å². The van der Waals surface area contributed by atoms with Crippen molar-refractivity contribution in [3.8, 4) is 5.69 Å². The second-order valence-corrected chi connectivity index (χ2v) is 14.3. The van der Waals surface area contributed by atoms with E-state index in [-0.39, 0.29) is 128 Å². The Balaban J connectivity index is 0.00000234. The Hall–Kier alpha value is -2.37. The molecule has 0 saturated carbocycles. The zero-order valence-corrected chi connectivity index (χ0v) is 35.5. The summed E-state index contributed by atoms with van der Waals surface area (Å²) in [5, 5.41) is 16.9. The van der Waals surface area contributed by atoms with Crippen molar-refractivity contribution in [2.75, 3.05) is 5.73 Å². The van der Waals surface area contributed by atoms with Gasteiger partial charge in [-0.2, -0.15) is 15.0 Å². The number of nitrogens with zero attached hydrogens (tertiary/aromatic N) is 5. The van der Waals surface area contributed by atoms with Gasteiger partial charge < -0.3 is 19.4 Å². The molecule has 51 heavy (non-hydrogen) atoms. The average molecular weight is 773 g/mol. The SMILES string of the molecule is Nc1ccc(N=Nc2ccc(/C=C/c3ccc(-n4nc5cc(S(=O)(=O)[O-])c6ccccc6c5n4)cc3S(=O)(=O)[O-])c(S(=O)(=O)[O-])c2)cc1.[Na+].[Na+].[Na+]. The van der Waals surface area contributed by atoms with E-state index in [9.17, 15) is 38.9 Å². The van der Waals surface area contributed by atoms with Crippen molar-refractivity contribution in [2.24, 2.45) is 10.2 Å². The molecule has 0 amide bonds. The van der Waals surface area contributed by atoms with Crippen molar-refractivity contribution in [3.63, 3.8) is 0 Å². The molecule has 0 saturated heterocycles. The van der Waals surface area contributed by atoms with Gasteiger partial charge in [0.05, 0.1) is 31.7 Å². The van der Waals surface area contributed by atoms with Crippen molar-refractivity contribution in [3.05, 3.63) is 102 Å². The number of anilines is 1. The second-order valence-electron chi connectivity index (χ2n) is 10.2. The molecule has 0 bridgehead atoms. The maximum atomic E-state index is 12.3. The summed E-state index contributed by atoms with van der Waals surface area (Å²) in [4.78, 5) is -0.945. The number of nitrogens with two attached hydrogens (primary N) is 1. The summed E-state index contributed by atoms with van der Waals surface area (Å²) < 4.78 is 109. The quantitative estimate of drug-likeness (QED) is 0.0505. The number of azo groups is 1. The summed E-state index contributed by atoms with van der Waals surface area (Å²) >= 11 is 0. The Labute approximate surface area is 358 Å². The normalized spacial score (nSPS) is 12.1. The van der Waals surface area contributed by atoms with Gasteiger partial charge in [0.25, 0.3) is 0 Å². The minimum atomic E-state index is -5.15. The molecule has 0 atom stereocenters. The first-order valence-electron chi connectivity index (χ1n) is 13.5. The van der Waals surface area contributed by atoms with Crippen LogP contribution in [-0.2, 0) is 30.4 Å². The molecule has 6 rings (SSSR count). The Kier molecular flexibility index (Phi) is 14.1. The largest absolute Gasteiger partial charge is 1.00 e. The molecule has 2 N–H and O–H groups in total. The van der Waals surface area contributed by atoms with E-state index in [1.165, 1.54) is 30.3 Å². The Morgan fingerprint density at radius 2 is 1.10 bits per heavy atom. The summed E-state index contributed by atoms with van der Waals surface area (Å²) in [5.74, 6) is 0. The molecule has 0 unspecified atom stereocenters. The molecule has 0 fully saturated rings. The van der Waals surface area contributed by atoms with Crippen LogP contribution in [0.2, 0.25) is 0 Å². The van der Waals surface area contributed by atoms with Crippen LogP contribution >= 0.6 is 0 Å². The first kappa shape index (κ1) is 43.0. The van der Waals surface area contributed by atoms with Crippen molar-refractivity contribution >= 4 is 81.4 Å². The monoisotopic (exact) mass is 772 g/mol. The molecule has 6 aromatic rings. The van der Waals surface area contributed by atoms with E-state index in [1.807, 2.05) is 0 Å². The number of fused-ring (bicyclic) bond motifs is 3. The van der Waals surface area contributed by atoms with E-state index in [0.717, 1.165) is 35.1 Å². The summed E-state index contributed by atoms with van der Waals surface area (Å²) in [6, 6.07) is 20.7. The number of benzene rings is 5. The summed E-state index contributed by atoms with van der Waals surface area (Å²) in [6.45, 7) is 0. The van der Waals surface area contributed by atoms with Crippen molar-refractivity contribution in [1.29, 1.82) is 0 Å². The molecule has 0 aliphatic carbocycles. The number of nitrogen functional groups attached to an aromatic ring is 1. The molecular formula is C30H19N6Na3O9S3. The zero-order chi connectivity index (χ0) is 34.4. The molecular weight excluding hydrogens is 754 g/mol. The van der Waals surface area contributed by atoms with Crippen LogP contribution in [0.25, 0.3) is 39.6 Å². The van der Waals surface area contributed by atoms with Crippen LogP contribution in [-0.4, -0.2) is 53.9 Å². The molecule has 15 nitrogen and oxygen atoms in total. The summed E-state index contributed by atoms with van der Waals surface area (Å²) in [5.41, 5.74) is 6.54. The van der Waals surface area contributed by atoms with E-state index < -0.39 is 45.0 Å². The minimum absolute atomic E-state index is 0. The van der Waals surface area contributed by atoms with E-state index in [1.54, 1.807) is 42.5 Å². The standard InChI is InChI=1S/C30H22N6O9S3.3Na/c31-20-9-12-21(13-10-20)32-33-22-11-7-18(27(15-22)46(37,38)39)5-6-19-8-14-23(16-28(19)47(40,41)42)36-34-26-17-29(48(43,44)45)24-3-1-2-4-25(24)30(26)35-36;;;/h1-17H,31H2,(H,37,38,39)(H,40,41,42)(H,43,44,45);;;/q;3*+1/p-3/b6-5+,33-32?;;;. The van der Waals surface area contributed by atoms with Crippen LogP contribution < -0.4 is 94.4 Å². The van der Waals surface area contributed by atoms with Crippen LogP contribution in [0.1, 0.15) is 11.1 Å². The summed E-state index contributed by atoms with van der Waals surface area (Å²) in [7, 11) is -15.1. The van der Waals surface area contributed by atoms with Gasteiger partial charge in [-0.25, -0.2) is 25.3 Å². The fourth-order valence-electron chi connectivity index (χ4n) is 4.81. The van der Waals surface area contributed by atoms with Gasteiger partial charge in [-0.05, 0) is 65.7 Å². The maximum absolute atomic E-state index is 12.3. The van der Waals surface area contributed by atoms with E-state index >= 15 is 0 Å². The Morgan fingerprint density at radius 1 is 0.588 bits per heavy atom. The van der Waals surface area contributed by atoms with Crippen LogP contribution in [0.4, 0.5) is 17.1 Å². The van der Waals surface area contributed by atoms with Gasteiger partial charge in [-0.1, -0.05) is 48.6 Å². The Bertz CT molecular complexity index is 2670. The maximum Gasteiger partial charge on any atom is 1.00 e. The summed E-state index contributed by atoms with van der Waals surface area (Å²) in [6.07, 6.45) is 2.28. The van der Waals surface area contributed by atoms with Crippen molar-refractivity contribution in [1.82, 2.24) is 15.0 Å². The van der Waals surface area contributed by atoms with Gasteiger partial charge >= 0.3 is 88.7 Å². The molecule has 1 aromatic heterocycles. The third-order valence-corrected chi connectivity index (χ3v) is 9.67. The van der Waals surface area contributed by atoms with Crippen LogP contribution in [0.3, 0.4) is 0 Å². The average Bonchev–Trinajstić information content (AvgIpc) is 3.47. The van der Waals surface area contributed by atoms with E-state index in [0.29, 0.717) is 16.8 Å². The van der Waals surface area contributed by atoms with Gasteiger partial charge in [-0.15, -0.1) is 10.2 Å². The molecule has 0 aliphatic heterocycles. The van der Waals surface area contributed by atoms with E-state index in [4.69, 9.17) is 5.73 Å². The molecule has 0 spiro atoms. The molecule has 5 aromatic carbocycles. The number of aromatic nitrogens is 3. The van der Waals surface area contributed by atoms with Gasteiger partial charge in [0.2, 0.25) is 0 Å². The minimum Gasteiger partial charge on any atom is -0.744 e. The Morgan fingerprint density at radius 3 is 1.69 bits per heavy atom. The number of rotatable bonds is 8. The molecule has 0 aliphatic rings. The van der Waals surface area contributed by atoms with Crippen LogP contribution in [0.5, 0.6) is 0 Å². The smallest absolute Gasteiger partial charge is 0.744 e. The number of hydrogen-bond donors (Lipinski definition) is 1. The van der Waals surface area contributed by atoms with Gasteiger partial charge in [0.1, 0.15) is 41.4 Å². The number of hydrogen-bond acceptors (Lipinski definition) is 14. The van der Waals surface area contributed by atoms with Gasteiger partial charge in [-0.3, -0.25) is 0 Å². The first-order valence-corrected chi connectivity index (χ1v) is 17.7. The molecule has 0 radical (unpaired) electrons. The third-order valence-electron chi connectivity index (χ3n) is 7.00. The fourth-order valence-corrected chi connectivity index (χ4v) is 6.90. The van der Waals surface area contributed by atoms with Crippen molar-refractivity contribution in [2.45, 2.75) is 14.7 Å². The van der Waals surface area contributed by atoms with Crippen molar-refractivity contribution < 1.29 is 128 Å². The predicted octanol–water partition coefficient (Wildman–Crippen LogP) is -4.53. The van der Waals surface area contributed by atoms with Gasteiger partial charge in [0, 0.05) is 16.5 Å². The predicted molar refractivity (Wildman–Crippen MR) is 171 cm³/mol. The van der Waals surface area contributed by atoms with Crippen LogP contribution in [0.15, 0.2) is 116 Å².